The maximum Gasteiger partial charge on any atom is 0.0543 e. The fourth-order valence-electron chi connectivity index (χ4n) is 10.4. The van der Waals surface area contributed by atoms with E-state index in [2.05, 4.69) is 189 Å². The number of benzene rings is 8. The summed E-state index contributed by atoms with van der Waals surface area (Å²) in [5, 5.41) is 5.37. The third-order valence-corrected chi connectivity index (χ3v) is 14.3. The molecule has 276 valence electrons. The highest BCUT2D eigenvalue weighted by Gasteiger charge is 2.38. The first-order valence-corrected chi connectivity index (χ1v) is 21.5. The van der Waals surface area contributed by atoms with Gasteiger partial charge in [-0.1, -0.05) is 179 Å². The molecule has 1 aromatic heterocycles. The molecule has 2 heteroatoms. The Morgan fingerprint density at radius 1 is 0.474 bits per heavy atom. The quantitative estimate of drug-likeness (QED) is 0.164. The standard InChI is InChI=1S/C55H45NS/c1-55(2)46-30-10-6-25-45(46)53-47(55)31-17-34-50(53)56(49-33-12-8-23-40(49)43-28-16-29-44-41-24-9-13-35-51(41)57-54(43)44)48-32-11-7-22-39(48)42-27-15-21-37-20-14-26-38(52(37)42)36-18-4-3-5-19-36/h6-17,20-36H,3-5,18-19H2,1-2H3. The van der Waals surface area contributed by atoms with Crippen molar-refractivity contribution >= 4 is 59.3 Å². The van der Waals surface area contributed by atoms with Crippen LogP contribution in [0.1, 0.15) is 68.6 Å². The number of fused-ring (bicyclic) bond motifs is 7. The van der Waals surface area contributed by atoms with Gasteiger partial charge in [-0.2, -0.15) is 0 Å². The Hall–Kier alpha value is -5.96. The van der Waals surface area contributed by atoms with E-state index in [1.807, 2.05) is 11.3 Å². The van der Waals surface area contributed by atoms with Crippen molar-refractivity contribution in [3.63, 3.8) is 0 Å². The van der Waals surface area contributed by atoms with E-state index in [4.69, 9.17) is 0 Å². The molecule has 11 rings (SSSR count). The van der Waals surface area contributed by atoms with Crippen LogP contribution in [0.15, 0.2) is 170 Å². The second-order valence-corrected chi connectivity index (χ2v) is 17.7. The average molecular weight is 752 g/mol. The van der Waals surface area contributed by atoms with Crippen molar-refractivity contribution in [2.24, 2.45) is 0 Å². The molecular weight excluding hydrogens is 707 g/mol. The van der Waals surface area contributed by atoms with Crippen LogP contribution in [-0.2, 0) is 5.41 Å². The van der Waals surface area contributed by atoms with Crippen LogP contribution in [0.3, 0.4) is 0 Å². The molecule has 0 radical (unpaired) electrons. The highest BCUT2D eigenvalue weighted by atomic mass is 32.1. The van der Waals surface area contributed by atoms with Gasteiger partial charge in [-0.05, 0) is 81.6 Å². The number of anilines is 3. The zero-order valence-corrected chi connectivity index (χ0v) is 33.5. The molecule has 8 aromatic carbocycles. The Morgan fingerprint density at radius 3 is 1.84 bits per heavy atom. The zero-order chi connectivity index (χ0) is 38.1. The molecule has 2 aliphatic carbocycles. The summed E-state index contributed by atoms with van der Waals surface area (Å²) in [4.78, 5) is 2.61. The predicted octanol–water partition coefficient (Wildman–Crippen LogP) is 16.4. The predicted molar refractivity (Wildman–Crippen MR) is 246 cm³/mol. The van der Waals surface area contributed by atoms with E-state index in [0.717, 1.165) is 0 Å². The van der Waals surface area contributed by atoms with Crippen LogP contribution in [0.5, 0.6) is 0 Å². The molecule has 0 saturated heterocycles. The van der Waals surface area contributed by atoms with Crippen LogP contribution < -0.4 is 4.90 Å². The maximum atomic E-state index is 2.61. The molecule has 1 fully saturated rings. The third kappa shape index (κ3) is 5.41. The second-order valence-electron chi connectivity index (χ2n) is 16.6. The minimum Gasteiger partial charge on any atom is -0.309 e. The fraction of sp³-hybridized carbons (Fsp3) is 0.164. The van der Waals surface area contributed by atoms with Crippen molar-refractivity contribution in [3.05, 3.63) is 187 Å². The van der Waals surface area contributed by atoms with Crippen molar-refractivity contribution in [2.75, 3.05) is 4.90 Å². The van der Waals surface area contributed by atoms with E-state index in [0.29, 0.717) is 5.92 Å². The zero-order valence-electron chi connectivity index (χ0n) is 32.6. The average Bonchev–Trinajstić information content (AvgIpc) is 3.76. The number of rotatable bonds is 6. The van der Waals surface area contributed by atoms with Gasteiger partial charge in [0.15, 0.2) is 0 Å². The van der Waals surface area contributed by atoms with Crippen molar-refractivity contribution < 1.29 is 0 Å². The van der Waals surface area contributed by atoms with Gasteiger partial charge in [0.25, 0.3) is 0 Å². The Balaban J connectivity index is 1.22. The van der Waals surface area contributed by atoms with Crippen molar-refractivity contribution in [1.82, 2.24) is 0 Å². The molecule has 2 aliphatic rings. The summed E-state index contributed by atoms with van der Waals surface area (Å²) in [6.45, 7) is 4.78. The maximum absolute atomic E-state index is 2.61. The van der Waals surface area contributed by atoms with Crippen molar-refractivity contribution in [2.45, 2.75) is 57.3 Å². The highest BCUT2D eigenvalue weighted by molar-refractivity contribution is 7.26. The molecule has 0 spiro atoms. The lowest BCUT2D eigenvalue weighted by atomic mass is 9.80. The fourth-order valence-corrected chi connectivity index (χ4v) is 11.6. The molecule has 57 heavy (non-hydrogen) atoms. The number of para-hydroxylation sites is 2. The van der Waals surface area contributed by atoms with E-state index in [-0.39, 0.29) is 5.41 Å². The topological polar surface area (TPSA) is 3.24 Å². The molecule has 0 aliphatic heterocycles. The number of hydrogen-bond acceptors (Lipinski definition) is 2. The summed E-state index contributed by atoms with van der Waals surface area (Å²) in [5.41, 5.74) is 15.4. The summed E-state index contributed by atoms with van der Waals surface area (Å²) < 4.78 is 2.65. The lowest BCUT2D eigenvalue weighted by molar-refractivity contribution is 0.445. The molecule has 1 saturated carbocycles. The Labute approximate surface area is 339 Å². The van der Waals surface area contributed by atoms with Crippen LogP contribution in [0.2, 0.25) is 0 Å². The smallest absolute Gasteiger partial charge is 0.0543 e. The largest absolute Gasteiger partial charge is 0.309 e. The molecule has 0 bridgehead atoms. The third-order valence-electron chi connectivity index (χ3n) is 13.1. The van der Waals surface area contributed by atoms with E-state index >= 15 is 0 Å². The number of thiophene rings is 1. The van der Waals surface area contributed by atoms with E-state index < -0.39 is 0 Å². The van der Waals surface area contributed by atoms with Crippen LogP contribution in [0, 0.1) is 0 Å². The van der Waals surface area contributed by atoms with Gasteiger partial charge in [0, 0.05) is 47.8 Å². The monoisotopic (exact) mass is 751 g/mol. The van der Waals surface area contributed by atoms with Crippen molar-refractivity contribution in [1.29, 1.82) is 0 Å². The lowest BCUT2D eigenvalue weighted by Gasteiger charge is -2.32. The molecule has 0 atom stereocenters. The van der Waals surface area contributed by atoms with E-state index in [1.54, 1.807) is 0 Å². The van der Waals surface area contributed by atoms with Gasteiger partial charge in [0.05, 0.1) is 17.1 Å². The molecule has 0 amide bonds. The number of nitrogens with zero attached hydrogens (tertiary/aromatic N) is 1. The van der Waals surface area contributed by atoms with Crippen LogP contribution in [0.25, 0.3) is 64.3 Å². The normalized spacial score (nSPS) is 14.9. The van der Waals surface area contributed by atoms with E-state index in [9.17, 15) is 0 Å². The number of hydrogen-bond donors (Lipinski definition) is 0. The molecule has 0 unspecified atom stereocenters. The first-order valence-electron chi connectivity index (χ1n) is 20.7. The van der Waals surface area contributed by atoms with E-state index in [1.165, 1.54) is 130 Å². The van der Waals surface area contributed by atoms with Gasteiger partial charge in [0.1, 0.15) is 0 Å². The van der Waals surface area contributed by atoms with Gasteiger partial charge in [-0.25, -0.2) is 0 Å². The minimum atomic E-state index is -0.125. The van der Waals surface area contributed by atoms with Crippen LogP contribution >= 0.6 is 11.3 Å². The van der Waals surface area contributed by atoms with Crippen molar-refractivity contribution in [3.8, 4) is 33.4 Å². The molecule has 1 nitrogen and oxygen atoms in total. The van der Waals surface area contributed by atoms with Gasteiger partial charge in [0.2, 0.25) is 0 Å². The molecular formula is C55H45NS. The van der Waals surface area contributed by atoms with Gasteiger partial charge < -0.3 is 4.90 Å². The summed E-state index contributed by atoms with van der Waals surface area (Å²) >= 11 is 1.90. The second kappa shape index (κ2) is 13.6. The highest BCUT2D eigenvalue weighted by Crippen LogP contribution is 2.56. The minimum absolute atomic E-state index is 0.125. The summed E-state index contributed by atoms with van der Waals surface area (Å²) in [7, 11) is 0. The Morgan fingerprint density at radius 2 is 1.04 bits per heavy atom. The van der Waals surface area contributed by atoms with Gasteiger partial charge in [-0.15, -0.1) is 11.3 Å². The summed E-state index contributed by atoms with van der Waals surface area (Å²) in [6.07, 6.45) is 6.51. The first-order chi connectivity index (χ1) is 28.1. The first kappa shape index (κ1) is 34.3. The molecule has 9 aromatic rings. The van der Waals surface area contributed by atoms with Gasteiger partial charge in [-0.3, -0.25) is 0 Å². The van der Waals surface area contributed by atoms with Crippen LogP contribution in [0.4, 0.5) is 17.1 Å². The molecule has 1 heterocycles. The van der Waals surface area contributed by atoms with Gasteiger partial charge >= 0.3 is 0 Å². The molecule has 0 N–H and O–H groups in total. The van der Waals surface area contributed by atoms with Crippen LogP contribution in [-0.4, -0.2) is 0 Å². The SMILES string of the molecule is CC1(C)c2ccccc2-c2c(N(c3ccccc3-c3cccc4c3sc3ccccc34)c3ccccc3-c3cccc4cccc(C5CCCCC5)c34)cccc21. The Bertz CT molecular complexity index is 2990. The Kier molecular flexibility index (Phi) is 8.19. The lowest BCUT2D eigenvalue weighted by Crippen LogP contribution is -2.16. The summed E-state index contributed by atoms with van der Waals surface area (Å²) in [5.74, 6) is 0.588. The summed E-state index contributed by atoms with van der Waals surface area (Å²) in [6, 6.07) is 64.1.